The van der Waals surface area contributed by atoms with Crippen LogP contribution < -0.4 is 4.74 Å². The van der Waals surface area contributed by atoms with Gasteiger partial charge in [0.1, 0.15) is 18.5 Å². The molecule has 0 saturated carbocycles. The summed E-state index contributed by atoms with van der Waals surface area (Å²) in [5, 5.41) is 0. The van der Waals surface area contributed by atoms with Gasteiger partial charge in [0, 0.05) is 0 Å². The van der Waals surface area contributed by atoms with Gasteiger partial charge in [-0.1, -0.05) is 31.1 Å². The van der Waals surface area contributed by atoms with Gasteiger partial charge in [-0.2, -0.15) is 0 Å². The van der Waals surface area contributed by atoms with E-state index in [0.717, 1.165) is 18.8 Å². The number of ether oxygens (including phenoxy) is 2. The first kappa shape index (κ1) is 14.1. The summed E-state index contributed by atoms with van der Waals surface area (Å²) in [6, 6.07) is 8.48. The van der Waals surface area contributed by atoms with Gasteiger partial charge in [0.25, 0.3) is 0 Å². The first-order chi connectivity index (χ1) is 9.38. The average Bonchev–Trinajstić information content (AvgIpc) is 3.26. The Hall–Kier alpha value is -1.28. The number of hydrogen-bond acceptors (Lipinski definition) is 2. The molecule has 1 aliphatic rings. The fourth-order valence-corrected chi connectivity index (χ4v) is 2.08. The summed E-state index contributed by atoms with van der Waals surface area (Å²) in [4.78, 5) is 0. The van der Waals surface area contributed by atoms with Gasteiger partial charge in [-0.3, -0.25) is 0 Å². The molecule has 0 amide bonds. The lowest BCUT2D eigenvalue weighted by Crippen LogP contribution is -2.03. The summed E-state index contributed by atoms with van der Waals surface area (Å²) in [6.07, 6.45) is 9.82. The van der Waals surface area contributed by atoms with Crippen molar-refractivity contribution >= 4 is 0 Å². The van der Waals surface area contributed by atoms with Gasteiger partial charge in [0.15, 0.2) is 0 Å². The fraction of sp³-hybridized carbons (Fsp3) is 0.529. The number of aryl methyl sites for hydroxylation is 1. The molecule has 1 aliphatic heterocycles. The van der Waals surface area contributed by atoms with E-state index in [-0.39, 0.29) is 0 Å². The second-order valence-electron chi connectivity index (χ2n) is 5.15. The molecular weight excluding hydrogens is 236 g/mol. The van der Waals surface area contributed by atoms with Crippen LogP contribution in [0.2, 0.25) is 0 Å². The van der Waals surface area contributed by atoms with Gasteiger partial charge in [0.2, 0.25) is 0 Å². The molecule has 0 spiro atoms. The smallest absolute Gasteiger partial charge is 0.119 e. The van der Waals surface area contributed by atoms with Crippen molar-refractivity contribution in [1.29, 1.82) is 0 Å². The summed E-state index contributed by atoms with van der Waals surface area (Å²) in [5.74, 6) is 0.949. The van der Waals surface area contributed by atoms with E-state index in [1.54, 1.807) is 0 Å². The molecule has 0 aliphatic carbocycles. The number of rotatable bonds is 10. The molecule has 0 radical (unpaired) electrons. The molecular formula is C17H24O2. The molecule has 0 aromatic heterocycles. The van der Waals surface area contributed by atoms with Crippen LogP contribution in [0.15, 0.2) is 36.9 Å². The van der Waals surface area contributed by atoms with E-state index < -0.39 is 0 Å². The van der Waals surface area contributed by atoms with E-state index in [2.05, 4.69) is 30.8 Å². The SMILES string of the molecule is C=CCCCCCCc1ccc(OCC2CO2)cc1. The first-order valence-electron chi connectivity index (χ1n) is 7.33. The number of allylic oxidation sites excluding steroid dienone is 1. The molecule has 1 fully saturated rings. The van der Waals surface area contributed by atoms with E-state index >= 15 is 0 Å². The number of benzene rings is 1. The van der Waals surface area contributed by atoms with Crippen molar-refractivity contribution in [3.8, 4) is 5.75 Å². The standard InChI is InChI=1S/C17H24O2/c1-2-3-4-5-6-7-8-15-9-11-16(12-10-15)18-13-17-14-19-17/h2,9-12,17H,1,3-8,13-14H2. The predicted octanol–water partition coefficient (Wildman–Crippen LogP) is 4.14. The minimum atomic E-state index is 0.329. The Morgan fingerprint density at radius 3 is 2.58 bits per heavy atom. The first-order valence-corrected chi connectivity index (χ1v) is 7.33. The molecule has 2 heteroatoms. The van der Waals surface area contributed by atoms with Crippen molar-refractivity contribution < 1.29 is 9.47 Å². The lowest BCUT2D eigenvalue weighted by molar-refractivity contribution is 0.263. The molecule has 1 heterocycles. The number of epoxide rings is 1. The van der Waals surface area contributed by atoms with Crippen LogP contribution in [0.3, 0.4) is 0 Å². The second kappa shape index (κ2) is 8.00. The monoisotopic (exact) mass is 260 g/mol. The van der Waals surface area contributed by atoms with Crippen LogP contribution in [0.25, 0.3) is 0 Å². The van der Waals surface area contributed by atoms with E-state index in [0.29, 0.717) is 12.7 Å². The largest absolute Gasteiger partial charge is 0.491 e. The molecule has 1 saturated heterocycles. The Kier molecular flexibility index (Phi) is 5.96. The summed E-state index contributed by atoms with van der Waals surface area (Å²) in [6.45, 7) is 5.28. The maximum absolute atomic E-state index is 5.62. The lowest BCUT2D eigenvalue weighted by Gasteiger charge is -2.06. The zero-order valence-electron chi connectivity index (χ0n) is 11.6. The van der Waals surface area contributed by atoms with Crippen molar-refractivity contribution in [2.75, 3.05) is 13.2 Å². The third-order valence-corrected chi connectivity index (χ3v) is 3.39. The quantitative estimate of drug-likeness (QED) is 0.358. The van der Waals surface area contributed by atoms with Gasteiger partial charge in [-0.25, -0.2) is 0 Å². The third kappa shape index (κ3) is 5.93. The zero-order valence-corrected chi connectivity index (χ0v) is 11.6. The molecule has 104 valence electrons. The number of hydrogen-bond donors (Lipinski definition) is 0. The topological polar surface area (TPSA) is 21.8 Å². The third-order valence-electron chi connectivity index (χ3n) is 3.39. The van der Waals surface area contributed by atoms with E-state index in [4.69, 9.17) is 9.47 Å². The van der Waals surface area contributed by atoms with E-state index in [9.17, 15) is 0 Å². The Balaban J connectivity index is 1.59. The number of unbranched alkanes of at least 4 members (excludes halogenated alkanes) is 4. The van der Waals surface area contributed by atoms with Crippen molar-refractivity contribution in [2.45, 2.75) is 44.6 Å². The summed E-state index contributed by atoms with van der Waals surface area (Å²) < 4.78 is 10.7. The van der Waals surface area contributed by atoms with Crippen LogP contribution in [0.5, 0.6) is 5.75 Å². The maximum Gasteiger partial charge on any atom is 0.119 e. The molecule has 1 aromatic carbocycles. The average molecular weight is 260 g/mol. The van der Waals surface area contributed by atoms with Gasteiger partial charge in [-0.05, 0) is 43.4 Å². The highest BCUT2D eigenvalue weighted by molar-refractivity contribution is 5.27. The summed E-state index contributed by atoms with van der Waals surface area (Å²) >= 11 is 0. The lowest BCUT2D eigenvalue weighted by atomic mass is 10.1. The highest BCUT2D eigenvalue weighted by Gasteiger charge is 2.22. The van der Waals surface area contributed by atoms with E-state index in [1.165, 1.54) is 37.7 Å². The molecule has 1 aromatic rings. The maximum atomic E-state index is 5.62. The zero-order chi connectivity index (χ0) is 13.3. The van der Waals surface area contributed by atoms with Crippen LogP contribution in [-0.2, 0) is 11.2 Å². The van der Waals surface area contributed by atoms with Gasteiger partial charge in [-0.15, -0.1) is 6.58 Å². The highest BCUT2D eigenvalue weighted by Crippen LogP contribution is 2.17. The summed E-state index contributed by atoms with van der Waals surface area (Å²) in [5.41, 5.74) is 1.40. The van der Waals surface area contributed by atoms with Gasteiger partial charge in [0.05, 0.1) is 6.61 Å². The van der Waals surface area contributed by atoms with Gasteiger partial charge < -0.3 is 9.47 Å². The molecule has 0 bridgehead atoms. The molecule has 2 rings (SSSR count). The van der Waals surface area contributed by atoms with E-state index in [1.807, 2.05) is 6.08 Å². The normalized spacial score (nSPS) is 17.2. The minimum Gasteiger partial charge on any atom is -0.491 e. The second-order valence-corrected chi connectivity index (χ2v) is 5.15. The Morgan fingerprint density at radius 2 is 1.89 bits per heavy atom. The Bertz CT molecular complexity index is 365. The van der Waals surface area contributed by atoms with Crippen molar-refractivity contribution in [3.63, 3.8) is 0 Å². The van der Waals surface area contributed by atoms with Gasteiger partial charge >= 0.3 is 0 Å². The van der Waals surface area contributed by atoms with Crippen LogP contribution in [0, 0.1) is 0 Å². The van der Waals surface area contributed by atoms with Crippen molar-refractivity contribution in [2.24, 2.45) is 0 Å². The molecule has 19 heavy (non-hydrogen) atoms. The van der Waals surface area contributed by atoms with Crippen LogP contribution in [-0.4, -0.2) is 19.3 Å². The highest BCUT2D eigenvalue weighted by atomic mass is 16.6. The van der Waals surface area contributed by atoms with Crippen LogP contribution >= 0.6 is 0 Å². The van der Waals surface area contributed by atoms with Crippen LogP contribution in [0.1, 0.15) is 37.7 Å². The summed E-state index contributed by atoms with van der Waals surface area (Å²) in [7, 11) is 0. The minimum absolute atomic E-state index is 0.329. The Morgan fingerprint density at radius 1 is 1.16 bits per heavy atom. The van der Waals surface area contributed by atoms with Crippen molar-refractivity contribution in [3.05, 3.63) is 42.5 Å². The van der Waals surface area contributed by atoms with Crippen molar-refractivity contribution in [1.82, 2.24) is 0 Å². The molecule has 0 N–H and O–H groups in total. The van der Waals surface area contributed by atoms with Crippen LogP contribution in [0.4, 0.5) is 0 Å². The Labute approximate surface area is 116 Å². The molecule has 1 unspecified atom stereocenters. The molecule has 1 atom stereocenters. The molecule has 2 nitrogen and oxygen atoms in total. The predicted molar refractivity (Wildman–Crippen MR) is 78.7 cm³/mol. The fourth-order valence-electron chi connectivity index (χ4n) is 2.08.